The van der Waals surface area contributed by atoms with Gasteiger partial charge in [-0.05, 0) is 65.6 Å². The molecule has 0 bridgehead atoms. The van der Waals surface area contributed by atoms with Gasteiger partial charge in [-0.15, -0.1) is 0 Å². The molecule has 2 heteroatoms. The molecule has 0 N–H and O–H groups in total. The Morgan fingerprint density at radius 1 is 0.686 bits per heavy atom. The van der Waals surface area contributed by atoms with Crippen molar-refractivity contribution in [2.45, 2.75) is 59.3 Å². The van der Waals surface area contributed by atoms with Gasteiger partial charge in [0.2, 0.25) is 6.71 Å². The number of hydrogen-bond acceptors (Lipinski definition) is 1. The van der Waals surface area contributed by atoms with Gasteiger partial charge in [0.15, 0.2) is 0 Å². The highest BCUT2D eigenvalue weighted by Crippen LogP contribution is 2.37. The molecule has 0 aliphatic heterocycles. The van der Waals surface area contributed by atoms with Crippen LogP contribution < -0.4 is 10.9 Å². The molecule has 3 aromatic carbocycles. The lowest BCUT2D eigenvalue weighted by atomic mass is 9.34. The molecular weight excluding hydrogens is 421 g/mol. The number of hydrogen-bond donors (Lipinski definition) is 0. The molecule has 1 fully saturated rings. The maximum Gasteiger partial charge on any atom is 0.241 e. The van der Waals surface area contributed by atoms with E-state index < -0.39 is 0 Å². The minimum Gasteiger partial charge on any atom is -0.309 e. The molecule has 1 saturated carbocycles. The molecule has 0 heterocycles. The Morgan fingerprint density at radius 2 is 1.14 bits per heavy atom. The fourth-order valence-electron chi connectivity index (χ4n) is 5.67. The van der Waals surface area contributed by atoms with Gasteiger partial charge in [-0.3, -0.25) is 0 Å². The molecule has 0 radical (unpaired) electrons. The van der Waals surface area contributed by atoms with Crippen molar-refractivity contribution in [1.82, 2.24) is 4.90 Å². The van der Waals surface area contributed by atoms with E-state index in [0.29, 0.717) is 5.92 Å². The van der Waals surface area contributed by atoms with Gasteiger partial charge in [0.25, 0.3) is 0 Å². The van der Waals surface area contributed by atoms with Crippen molar-refractivity contribution in [3.63, 3.8) is 0 Å². The SMILES string of the molecule is Cc1ccc(B(/C(=C(\CCN(C)C)C2CCCCC2)c2ccc(C)cc2)c2ccc(C)cc2)cc1. The normalized spacial score (nSPS) is 15.3. The summed E-state index contributed by atoms with van der Waals surface area (Å²) in [5.41, 5.74) is 11.4. The van der Waals surface area contributed by atoms with Crippen LogP contribution in [-0.2, 0) is 0 Å². The smallest absolute Gasteiger partial charge is 0.241 e. The summed E-state index contributed by atoms with van der Waals surface area (Å²) in [6, 6.07) is 27.9. The van der Waals surface area contributed by atoms with Crippen LogP contribution in [-0.4, -0.2) is 32.3 Å². The fraction of sp³-hybridized carbons (Fsp3) is 0.394. The van der Waals surface area contributed by atoms with E-state index in [1.54, 1.807) is 11.0 Å². The van der Waals surface area contributed by atoms with E-state index in [1.165, 1.54) is 65.3 Å². The van der Waals surface area contributed by atoms with E-state index in [0.717, 1.165) is 13.0 Å². The zero-order valence-corrected chi connectivity index (χ0v) is 22.5. The molecule has 3 aromatic rings. The van der Waals surface area contributed by atoms with Crippen LogP contribution in [0.2, 0.25) is 0 Å². The van der Waals surface area contributed by atoms with Crippen molar-refractivity contribution < 1.29 is 0 Å². The minimum atomic E-state index is 0.234. The van der Waals surface area contributed by atoms with Gasteiger partial charge < -0.3 is 4.90 Å². The maximum atomic E-state index is 2.37. The first-order valence-electron chi connectivity index (χ1n) is 13.5. The van der Waals surface area contributed by atoms with Crippen molar-refractivity contribution in [1.29, 1.82) is 0 Å². The lowest BCUT2D eigenvalue weighted by Gasteiger charge is -2.31. The molecule has 0 amide bonds. The summed E-state index contributed by atoms with van der Waals surface area (Å²) in [6.45, 7) is 7.89. The van der Waals surface area contributed by atoms with Crippen LogP contribution in [0.3, 0.4) is 0 Å². The first kappa shape index (κ1) is 25.5. The summed E-state index contributed by atoms with van der Waals surface area (Å²) < 4.78 is 0. The minimum absolute atomic E-state index is 0.234. The number of nitrogens with zero attached hydrogens (tertiary/aromatic N) is 1. The Morgan fingerprint density at radius 3 is 1.60 bits per heavy atom. The van der Waals surface area contributed by atoms with E-state index in [2.05, 4.69) is 113 Å². The predicted molar refractivity (Wildman–Crippen MR) is 155 cm³/mol. The molecule has 35 heavy (non-hydrogen) atoms. The van der Waals surface area contributed by atoms with Crippen molar-refractivity contribution in [3.05, 3.63) is 101 Å². The van der Waals surface area contributed by atoms with Crippen molar-refractivity contribution in [3.8, 4) is 0 Å². The molecule has 4 rings (SSSR count). The molecule has 0 atom stereocenters. The second kappa shape index (κ2) is 11.9. The third-order valence-corrected chi connectivity index (χ3v) is 7.74. The van der Waals surface area contributed by atoms with Gasteiger partial charge in [-0.1, -0.05) is 131 Å². The number of rotatable bonds is 8. The van der Waals surface area contributed by atoms with Gasteiger partial charge in [0.1, 0.15) is 0 Å². The summed E-state index contributed by atoms with van der Waals surface area (Å²) in [7, 11) is 4.42. The van der Waals surface area contributed by atoms with Crippen LogP contribution in [0.5, 0.6) is 0 Å². The van der Waals surface area contributed by atoms with E-state index in [-0.39, 0.29) is 6.71 Å². The van der Waals surface area contributed by atoms with Crippen LogP contribution in [0, 0.1) is 26.7 Å². The van der Waals surface area contributed by atoms with Crippen LogP contribution in [0.15, 0.2) is 78.4 Å². The summed E-state index contributed by atoms with van der Waals surface area (Å²) >= 11 is 0. The highest BCUT2D eigenvalue weighted by Gasteiger charge is 2.31. The van der Waals surface area contributed by atoms with Gasteiger partial charge in [-0.25, -0.2) is 0 Å². The molecule has 0 unspecified atom stereocenters. The van der Waals surface area contributed by atoms with Crippen LogP contribution in [0.1, 0.15) is 60.8 Å². The van der Waals surface area contributed by atoms with Gasteiger partial charge in [0.05, 0.1) is 0 Å². The highest BCUT2D eigenvalue weighted by molar-refractivity contribution is 6.99. The highest BCUT2D eigenvalue weighted by atomic mass is 15.0. The third kappa shape index (κ3) is 6.56. The largest absolute Gasteiger partial charge is 0.309 e. The summed E-state index contributed by atoms with van der Waals surface area (Å²) in [5, 5.41) is 0. The molecule has 0 aromatic heterocycles. The topological polar surface area (TPSA) is 3.24 Å². The summed E-state index contributed by atoms with van der Waals surface area (Å²) in [4.78, 5) is 2.35. The first-order valence-corrected chi connectivity index (χ1v) is 13.5. The van der Waals surface area contributed by atoms with Crippen molar-refractivity contribution in [2.24, 2.45) is 5.92 Å². The predicted octanol–water partition coefficient (Wildman–Crippen LogP) is 6.75. The van der Waals surface area contributed by atoms with Crippen molar-refractivity contribution >= 4 is 23.1 Å². The zero-order chi connectivity index (χ0) is 24.8. The van der Waals surface area contributed by atoms with Crippen LogP contribution in [0.4, 0.5) is 0 Å². The van der Waals surface area contributed by atoms with Crippen LogP contribution >= 0.6 is 0 Å². The molecule has 0 saturated heterocycles. The monoisotopic (exact) mass is 463 g/mol. The molecule has 0 spiro atoms. The fourth-order valence-corrected chi connectivity index (χ4v) is 5.67. The average Bonchev–Trinajstić information content (AvgIpc) is 2.86. The molecule has 1 aliphatic rings. The van der Waals surface area contributed by atoms with Gasteiger partial charge in [0, 0.05) is 6.54 Å². The van der Waals surface area contributed by atoms with Crippen LogP contribution in [0.25, 0.3) is 5.47 Å². The van der Waals surface area contributed by atoms with E-state index in [1.807, 2.05) is 0 Å². The lowest BCUT2D eigenvalue weighted by molar-refractivity contribution is 0.368. The molecule has 1 aliphatic carbocycles. The standard InChI is InChI=1S/C33H42BN/c1-25-11-17-29(18-12-25)33(32(23-24-35(4)5)28-9-7-6-8-10-28)34(30-19-13-26(2)14-20-30)31-21-15-27(3)16-22-31/h11-22,28H,6-10,23-24H2,1-5H3/b33-32+. The molecular formula is C33H42BN. The lowest BCUT2D eigenvalue weighted by Crippen LogP contribution is -2.44. The number of benzene rings is 3. The zero-order valence-electron chi connectivity index (χ0n) is 22.5. The summed E-state index contributed by atoms with van der Waals surface area (Å²) in [5.74, 6) is 0.679. The van der Waals surface area contributed by atoms with E-state index in [9.17, 15) is 0 Å². The molecule has 1 nitrogen and oxygen atoms in total. The molecule has 182 valence electrons. The average molecular weight is 464 g/mol. The second-order valence-corrected chi connectivity index (χ2v) is 10.9. The van der Waals surface area contributed by atoms with Gasteiger partial charge in [-0.2, -0.15) is 0 Å². The van der Waals surface area contributed by atoms with E-state index >= 15 is 0 Å². The Labute approximate surface area is 214 Å². The summed E-state index contributed by atoms with van der Waals surface area (Å²) in [6.07, 6.45) is 7.89. The van der Waals surface area contributed by atoms with E-state index in [4.69, 9.17) is 0 Å². The Kier molecular flexibility index (Phi) is 8.68. The third-order valence-electron chi connectivity index (χ3n) is 7.74. The second-order valence-electron chi connectivity index (χ2n) is 10.9. The quantitative estimate of drug-likeness (QED) is 0.334. The Balaban J connectivity index is 1.98. The Hall–Kier alpha value is -2.58. The van der Waals surface area contributed by atoms with Gasteiger partial charge >= 0.3 is 0 Å². The maximum absolute atomic E-state index is 2.37. The Bertz CT molecular complexity index is 1060. The van der Waals surface area contributed by atoms with Crippen molar-refractivity contribution in [2.75, 3.05) is 20.6 Å². The number of aryl methyl sites for hydroxylation is 3. The first-order chi connectivity index (χ1) is 16.9.